The van der Waals surface area contributed by atoms with E-state index in [4.69, 9.17) is 4.74 Å². The highest BCUT2D eigenvalue weighted by molar-refractivity contribution is 5.88. The number of esters is 1. The molecule has 1 saturated carbocycles. The lowest BCUT2D eigenvalue weighted by Crippen LogP contribution is -2.45. The first-order valence-corrected chi connectivity index (χ1v) is 9.35. The van der Waals surface area contributed by atoms with Gasteiger partial charge in [-0.15, -0.1) is 0 Å². The van der Waals surface area contributed by atoms with Gasteiger partial charge in [0.1, 0.15) is 0 Å². The second-order valence-corrected chi connectivity index (χ2v) is 8.69. The molecule has 0 aromatic carbocycles. The summed E-state index contributed by atoms with van der Waals surface area (Å²) in [7, 11) is 0. The van der Waals surface area contributed by atoms with Gasteiger partial charge in [0.25, 0.3) is 5.91 Å². The molecule has 2 amide bonds. The molecular weight excluding hydrogens is 320 g/mol. The third-order valence-corrected chi connectivity index (χ3v) is 5.42. The zero-order chi connectivity index (χ0) is 18.8. The molecule has 6 heteroatoms. The van der Waals surface area contributed by atoms with E-state index in [1.807, 2.05) is 25.7 Å². The molecule has 1 aliphatic carbocycles. The van der Waals surface area contributed by atoms with Crippen molar-refractivity contribution >= 4 is 17.8 Å². The first-order chi connectivity index (χ1) is 11.6. The van der Waals surface area contributed by atoms with E-state index in [2.05, 4.69) is 19.2 Å². The fraction of sp³-hybridized carbons (Fsp3) is 0.842. The molecule has 0 bridgehead atoms. The highest BCUT2D eigenvalue weighted by Gasteiger charge is 2.42. The van der Waals surface area contributed by atoms with E-state index < -0.39 is 11.9 Å². The van der Waals surface area contributed by atoms with Crippen LogP contribution in [0.25, 0.3) is 0 Å². The third-order valence-electron chi connectivity index (χ3n) is 5.42. The molecule has 142 valence electrons. The third kappa shape index (κ3) is 5.19. The van der Waals surface area contributed by atoms with E-state index in [0.717, 1.165) is 12.8 Å². The molecule has 2 rings (SSSR count). The van der Waals surface area contributed by atoms with E-state index in [9.17, 15) is 14.4 Å². The Morgan fingerprint density at radius 2 is 1.92 bits per heavy atom. The van der Waals surface area contributed by atoms with E-state index in [0.29, 0.717) is 18.4 Å². The van der Waals surface area contributed by atoms with Crippen LogP contribution >= 0.6 is 0 Å². The smallest absolute Gasteiger partial charge is 0.311 e. The van der Waals surface area contributed by atoms with Gasteiger partial charge in [-0.2, -0.15) is 0 Å². The highest BCUT2D eigenvalue weighted by Crippen LogP contribution is 2.35. The Morgan fingerprint density at radius 3 is 2.56 bits per heavy atom. The lowest BCUT2D eigenvalue weighted by Gasteiger charge is -2.39. The average molecular weight is 352 g/mol. The lowest BCUT2D eigenvalue weighted by molar-refractivity contribution is -0.152. The van der Waals surface area contributed by atoms with Crippen LogP contribution < -0.4 is 5.32 Å². The minimum absolute atomic E-state index is 0.0343. The lowest BCUT2D eigenvalue weighted by atomic mass is 9.77. The van der Waals surface area contributed by atoms with Crippen LogP contribution in [0.15, 0.2) is 0 Å². The molecule has 1 N–H and O–H groups in total. The number of amides is 2. The monoisotopic (exact) mass is 352 g/mol. The minimum Gasteiger partial charge on any atom is -0.455 e. The number of hydrogen-bond donors (Lipinski definition) is 1. The number of likely N-dealkylation sites (tertiary alicyclic amines) is 1. The quantitative estimate of drug-likeness (QED) is 0.787. The molecule has 4 atom stereocenters. The van der Waals surface area contributed by atoms with Crippen LogP contribution in [0.4, 0.5) is 0 Å². The Kier molecular flexibility index (Phi) is 6.12. The topological polar surface area (TPSA) is 75.7 Å². The fourth-order valence-corrected chi connectivity index (χ4v) is 3.91. The molecule has 0 aromatic heterocycles. The predicted octanol–water partition coefficient (Wildman–Crippen LogP) is 2.12. The molecule has 1 saturated heterocycles. The van der Waals surface area contributed by atoms with Crippen LogP contribution in [-0.2, 0) is 19.1 Å². The molecule has 0 spiro atoms. The van der Waals surface area contributed by atoms with Crippen molar-refractivity contribution in [2.45, 2.75) is 71.9 Å². The summed E-state index contributed by atoms with van der Waals surface area (Å²) in [5.74, 6) is -0.150. The average Bonchev–Trinajstić information content (AvgIpc) is 2.88. The Bertz CT molecular complexity index is 526. The van der Waals surface area contributed by atoms with Crippen LogP contribution in [0.3, 0.4) is 0 Å². The Morgan fingerprint density at radius 1 is 1.24 bits per heavy atom. The molecule has 1 aliphatic heterocycles. The predicted molar refractivity (Wildman–Crippen MR) is 94.6 cm³/mol. The molecule has 0 radical (unpaired) electrons. The van der Waals surface area contributed by atoms with Crippen molar-refractivity contribution in [3.63, 3.8) is 0 Å². The second-order valence-electron chi connectivity index (χ2n) is 8.69. The maximum Gasteiger partial charge on any atom is 0.311 e. The van der Waals surface area contributed by atoms with Crippen molar-refractivity contribution in [3.05, 3.63) is 0 Å². The summed E-state index contributed by atoms with van der Waals surface area (Å²) in [5, 5.41) is 2.75. The van der Waals surface area contributed by atoms with Gasteiger partial charge in [0.05, 0.1) is 5.92 Å². The second kappa shape index (κ2) is 7.75. The van der Waals surface area contributed by atoms with E-state index >= 15 is 0 Å². The molecule has 0 unspecified atom stereocenters. The van der Waals surface area contributed by atoms with Gasteiger partial charge >= 0.3 is 5.97 Å². The molecule has 1 heterocycles. The van der Waals surface area contributed by atoms with Crippen molar-refractivity contribution in [3.8, 4) is 0 Å². The molecule has 6 nitrogen and oxygen atoms in total. The maximum absolute atomic E-state index is 12.4. The van der Waals surface area contributed by atoms with Gasteiger partial charge in [-0.1, -0.05) is 26.7 Å². The van der Waals surface area contributed by atoms with E-state index in [1.165, 1.54) is 6.42 Å². The molecule has 0 aromatic rings. The largest absolute Gasteiger partial charge is 0.455 e. The summed E-state index contributed by atoms with van der Waals surface area (Å²) in [6.45, 7) is 10.2. The summed E-state index contributed by atoms with van der Waals surface area (Å²) in [6, 6.07) is 0.221. The Labute approximate surface area is 150 Å². The maximum atomic E-state index is 12.4. The molecule has 2 aliphatic rings. The van der Waals surface area contributed by atoms with Gasteiger partial charge in [-0.25, -0.2) is 0 Å². The minimum atomic E-state index is -0.459. The van der Waals surface area contributed by atoms with Crippen LogP contribution in [0.1, 0.15) is 60.3 Å². The van der Waals surface area contributed by atoms with Crippen molar-refractivity contribution in [2.75, 3.05) is 13.2 Å². The van der Waals surface area contributed by atoms with Crippen LogP contribution in [-0.4, -0.2) is 47.4 Å². The van der Waals surface area contributed by atoms with Crippen LogP contribution in [0.5, 0.6) is 0 Å². The number of ether oxygens (including phenoxy) is 1. The van der Waals surface area contributed by atoms with Crippen molar-refractivity contribution in [1.29, 1.82) is 0 Å². The molecule has 2 fully saturated rings. The first-order valence-electron chi connectivity index (χ1n) is 9.35. The zero-order valence-corrected chi connectivity index (χ0v) is 16.1. The van der Waals surface area contributed by atoms with Gasteiger partial charge in [-0.3, -0.25) is 14.4 Å². The number of carbonyl (C=O) groups excluding carboxylic acids is 3. The fourth-order valence-electron chi connectivity index (χ4n) is 3.91. The Hall–Kier alpha value is -1.59. The van der Waals surface area contributed by atoms with Gasteiger partial charge in [-0.05, 0) is 39.0 Å². The van der Waals surface area contributed by atoms with Crippen LogP contribution in [0.2, 0.25) is 0 Å². The number of rotatable bonds is 4. The number of nitrogens with one attached hydrogen (secondary N) is 1. The van der Waals surface area contributed by atoms with Gasteiger partial charge in [0, 0.05) is 24.5 Å². The number of carbonyl (C=O) groups is 3. The number of hydrogen-bond acceptors (Lipinski definition) is 4. The van der Waals surface area contributed by atoms with Gasteiger partial charge in [0.15, 0.2) is 6.61 Å². The van der Waals surface area contributed by atoms with Crippen LogP contribution in [0, 0.1) is 17.8 Å². The summed E-state index contributed by atoms with van der Waals surface area (Å²) in [5.41, 5.74) is -0.364. The molecule has 25 heavy (non-hydrogen) atoms. The first kappa shape index (κ1) is 19.7. The zero-order valence-electron chi connectivity index (χ0n) is 16.1. The van der Waals surface area contributed by atoms with Crippen molar-refractivity contribution in [2.24, 2.45) is 17.8 Å². The SMILES string of the molecule is C[C@@H]1[C@@H](C)CCC[C@@H]1N1C[C@H](C(=O)OCC(=O)NC(C)(C)C)CC1=O. The summed E-state index contributed by atoms with van der Waals surface area (Å²) in [4.78, 5) is 38.3. The molecular formula is C19H32N2O4. The normalized spacial score (nSPS) is 30.3. The summed E-state index contributed by atoms with van der Waals surface area (Å²) in [6.07, 6.45) is 3.53. The Balaban J connectivity index is 1.87. The standard InChI is InChI=1S/C19H32N2O4/c1-12-7-6-8-15(13(12)2)21-10-14(9-17(21)23)18(24)25-11-16(22)20-19(3,4)5/h12-15H,6-11H2,1-5H3,(H,20,22)/t12-,13+,14+,15-/m0/s1. The van der Waals surface area contributed by atoms with Gasteiger partial charge < -0.3 is 15.0 Å². The van der Waals surface area contributed by atoms with Crippen molar-refractivity contribution < 1.29 is 19.1 Å². The van der Waals surface area contributed by atoms with Crippen molar-refractivity contribution in [1.82, 2.24) is 10.2 Å². The summed E-state index contributed by atoms with van der Waals surface area (Å²) < 4.78 is 5.14. The van der Waals surface area contributed by atoms with Gasteiger partial charge in [0.2, 0.25) is 5.91 Å². The van der Waals surface area contributed by atoms with E-state index in [1.54, 1.807) is 0 Å². The summed E-state index contributed by atoms with van der Waals surface area (Å²) >= 11 is 0. The van der Waals surface area contributed by atoms with E-state index in [-0.39, 0.29) is 36.4 Å². The highest BCUT2D eigenvalue weighted by atomic mass is 16.5. The number of nitrogens with zero attached hydrogens (tertiary/aromatic N) is 1.